The van der Waals surface area contributed by atoms with Crippen molar-refractivity contribution in [2.24, 2.45) is 0 Å². The van der Waals surface area contributed by atoms with E-state index in [1.807, 2.05) is 38.1 Å². The Morgan fingerprint density at radius 2 is 1.96 bits per heavy atom. The van der Waals surface area contributed by atoms with Crippen LogP contribution in [0, 0.1) is 13.8 Å². The first-order valence-electron chi connectivity index (χ1n) is 8.51. The summed E-state index contributed by atoms with van der Waals surface area (Å²) in [7, 11) is 0. The monoisotopic (exact) mass is 358 g/mol. The molecule has 1 N–H and O–H groups in total. The Bertz CT molecular complexity index is 782. The van der Waals surface area contributed by atoms with Gasteiger partial charge in [0.05, 0.1) is 17.1 Å². The van der Waals surface area contributed by atoms with E-state index in [4.69, 9.17) is 0 Å². The number of carboxylic acid groups (broad SMARTS) is 1. The molecule has 0 saturated carbocycles. The van der Waals surface area contributed by atoms with E-state index in [0.717, 1.165) is 34.0 Å². The number of thiazole rings is 1. The molecule has 1 aromatic carbocycles. The number of hydrogen-bond acceptors (Lipinski definition) is 4. The number of carbonyl (C=O) groups excluding carboxylic acids is 1. The van der Waals surface area contributed by atoms with Gasteiger partial charge >= 0.3 is 5.97 Å². The highest BCUT2D eigenvalue weighted by Crippen LogP contribution is 2.30. The summed E-state index contributed by atoms with van der Waals surface area (Å²) in [6, 6.07) is 7.39. The summed E-state index contributed by atoms with van der Waals surface area (Å²) in [6.07, 6.45) is 2.46. The Balaban J connectivity index is 1.84. The van der Waals surface area contributed by atoms with Crippen LogP contribution in [0.15, 0.2) is 24.3 Å². The lowest BCUT2D eigenvalue weighted by atomic mass is 10.0. The molecule has 1 saturated heterocycles. The van der Waals surface area contributed by atoms with Gasteiger partial charge in [-0.3, -0.25) is 4.79 Å². The van der Waals surface area contributed by atoms with Gasteiger partial charge in [0.2, 0.25) is 5.91 Å². The topological polar surface area (TPSA) is 70.5 Å². The number of aryl methyl sites for hydroxylation is 2. The van der Waals surface area contributed by atoms with E-state index >= 15 is 0 Å². The van der Waals surface area contributed by atoms with Gasteiger partial charge in [-0.15, -0.1) is 11.3 Å². The molecule has 1 aliphatic heterocycles. The molecular formula is C19H22N2O3S. The van der Waals surface area contributed by atoms with E-state index in [1.54, 1.807) is 0 Å². The van der Waals surface area contributed by atoms with Gasteiger partial charge in [0.1, 0.15) is 6.04 Å². The molecule has 0 radical (unpaired) electrons. The summed E-state index contributed by atoms with van der Waals surface area (Å²) in [5.74, 6) is -1.03. The fourth-order valence-corrected chi connectivity index (χ4v) is 4.20. The molecule has 1 aromatic heterocycles. The Morgan fingerprint density at radius 1 is 1.24 bits per heavy atom. The predicted molar refractivity (Wildman–Crippen MR) is 97.7 cm³/mol. The van der Waals surface area contributed by atoms with Gasteiger partial charge in [-0.05, 0) is 33.1 Å². The second kappa shape index (κ2) is 7.35. The van der Waals surface area contributed by atoms with Crippen LogP contribution >= 0.6 is 11.3 Å². The number of aliphatic carboxylic acids is 1. The Hall–Kier alpha value is -2.21. The third-order valence-corrected chi connectivity index (χ3v) is 5.52. The van der Waals surface area contributed by atoms with E-state index in [1.165, 1.54) is 21.8 Å². The summed E-state index contributed by atoms with van der Waals surface area (Å²) in [6.45, 7) is 4.48. The fourth-order valence-electron chi connectivity index (χ4n) is 3.25. The maximum Gasteiger partial charge on any atom is 0.326 e. The van der Waals surface area contributed by atoms with Gasteiger partial charge in [0.15, 0.2) is 0 Å². The molecule has 0 aliphatic carbocycles. The number of benzene rings is 1. The number of piperidine rings is 1. The Kier molecular flexibility index (Phi) is 5.18. The first kappa shape index (κ1) is 17.6. The summed E-state index contributed by atoms with van der Waals surface area (Å²) >= 11 is 1.51. The quantitative estimate of drug-likeness (QED) is 0.909. The van der Waals surface area contributed by atoms with E-state index in [-0.39, 0.29) is 12.3 Å². The van der Waals surface area contributed by atoms with Crippen LogP contribution in [-0.4, -0.2) is 39.5 Å². The second-order valence-electron chi connectivity index (χ2n) is 6.48. The number of carboxylic acids is 1. The third-order valence-electron chi connectivity index (χ3n) is 4.55. The molecule has 132 valence electrons. The van der Waals surface area contributed by atoms with Crippen molar-refractivity contribution in [3.8, 4) is 11.3 Å². The third kappa shape index (κ3) is 3.90. The minimum Gasteiger partial charge on any atom is -0.480 e. The van der Waals surface area contributed by atoms with Crippen molar-refractivity contribution in [1.82, 2.24) is 9.88 Å². The number of hydrogen-bond donors (Lipinski definition) is 1. The molecule has 1 atom stereocenters. The number of carbonyl (C=O) groups is 2. The molecule has 2 aromatic rings. The minimum absolute atomic E-state index is 0.121. The zero-order valence-electron chi connectivity index (χ0n) is 14.5. The molecule has 0 unspecified atom stereocenters. The van der Waals surface area contributed by atoms with Crippen molar-refractivity contribution in [3.05, 3.63) is 39.7 Å². The maximum absolute atomic E-state index is 12.8. The number of rotatable bonds is 4. The van der Waals surface area contributed by atoms with Crippen molar-refractivity contribution < 1.29 is 14.7 Å². The van der Waals surface area contributed by atoms with Crippen molar-refractivity contribution in [2.75, 3.05) is 6.54 Å². The van der Waals surface area contributed by atoms with E-state index in [9.17, 15) is 14.7 Å². The highest BCUT2D eigenvalue weighted by Gasteiger charge is 2.32. The minimum atomic E-state index is -0.910. The first-order valence-corrected chi connectivity index (χ1v) is 9.33. The van der Waals surface area contributed by atoms with Gasteiger partial charge in [-0.2, -0.15) is 0 Å². The second-order valence-corrected chi connectivity index (χ2v) is 7.77. The molecule has 1 aliphatic rings. The average Bonchev–Trinajstić information content (AvgIpc) is 2.95. The zero-order valence-corrected chi connectivity index (χ0v) is 15.3. The van der Waals surface area contributed by atoms with Crippen LogP contribution in [0.3, 0.4) is 0 Å². The Labute approximate surface area is 151 Å². The summed E-state index contributed by atoms with van der Waals surface area (Å²) in [5.41, 5.74) is 3.00. The number of aromatic nitrogens is 1. The van der Waals surface area contributed by atoms with Crippen molar-refractivity contribution in [2.45, 2.75) is 45.6 Å². The molecular weight excluding hydrogens is 336 g/mol. The predicted octanol–water partition coefficient (Wildman–Crippen LogP) is 3.44. The molecule has 1 amide bonds. The molecule has 5 nitrogen and oxygen atoms in total. The van der Waals surface area contributed by atoms with Gasteiger partial charge < -0.3 is 10.0 Å². The fraction of sp³-hybridized carbons (Fsp3) is 0.421. The highest BCUT2D eigenvalue weighted by molar-refractivity contribution is 7.12. The molecule has 1 fully saturated rings. The van der Waals surface area contributed by atoms with Crippen LogP contribution in [-0.2, 0) is 16.0 Å². The Morgan fingerprint density at radius 3 is 2.64 bits per heavy atom. The molecule has 3 rings (SSSR count). The summed E-state index contributed by atoms with van der Waals surface area (Å²) in [4.78, 5) is 31.2. The first-order chi connectivity index (χ1) is 12.0. The van der Waals surface area contributed by atoms with Crippen LogP contribution < -0.4 is 0 Å². The van der Waals surface area contributed by atoms with E-state index in [2.05, 4.69) is 4.98 Å². The van der Waals surface area contributed by atoms with E-state index < -0.39 is 12.0 Å². The molecule has 6 heteroatoms. The standard InChI is InChI=1S/C19H22N2O3S/c1-12-6-8-14(9-7-12)18-16(25-13(2)20-18)11-17(22)21-10-4-3-5-15(21)19(23)24/h6-9,15H,3-5,10-11H2,1-2H3,(H,23,24)/t15-/m0/s1. The van der Waals surface area contributed by atoms with Gasteiger partial charge in [0.25, 0.3) is 0 Å². The zero-order chi connectivity index (χ0) is 18.0. The number of likely N-dealkylation sites (tertiary alicyclic amines) is 1. The summed E-state index contributed by atoms with van der Waals surface area (Å²) < 4.78 is 0. The van der Waals surface area contributed by atoms with Crippen molar-refractivity contribution in [3.63, 3.8) is 0 Å². The van der Waals surface area contributed by atoms with Crippen LogP contribution in [0.25, 0.3) is 11.3 Å². The normalized spacial score (nSPS) is 17.5. The number of nitrogens with zero attached hydrogens (tertiary/aromatic N) is 2. The van der Waals surface area contributed by atoms with E-state index in [0.29, 0.717) is 13.0 Å². The summed E-state index contributed by atoms with van der Waals surface area (Å²) in [5, 5.41) is 10.3. The van der Waals surface area contributed by atoms with Crippen molar-refractivity contribution in [1.29, 1.82) is 0 Å². The van der Waals surface area contributed by atoms with Crippen LogP contribution in [0.2, 0.25) is 0 Å². The largest absolute Gasteiger partial charge is 0.480 e. The highest BCUT2D eigenvalue weighted by atomic mass is 32.1. The van der Waals surface area contributed by atoms with Crippen LogP contribution in [0.1, 0.15) is 34.7 Å². The number of amides is 1. The molecule has 0 bridgehead atoms. The molecule has 25 heavy (non-hydrogen) atoms. The lowest BCUT2D eigenvalue weighted by molar-refractivity contribution is -0.151. The van der Waals surface area contributed by atoms with Gasteiger partial charge in [0, 0.05) is 17.0 Å². The molecule has 2 heterocycles. The van der Waals surface area contributed by atoms with Crippen LogP contribution in [0.4, 0.5) is 0 Å². The van der Waals surface area contributed by atoms with Crippen molar-refractivity contribution >= 4 is 23.2 Å². The smallest absolute Gasteiger partial charge is 0.326 e. The average molecular weight is 358 g/mol. The molecule has 0 spiro atoms. The maximum atomic E-state index is 12.8. The van der Waals surface area contributed by atoms with Gasteiger partial charge in [-0.1, -0.05) is 29.8 Å². The lowest BCUT2D eigenvalue weighted by Crippen LogP contribution is -2.48. The lowest BCUT2D eigenvalue weighted by Gasteiger charge is -2.33. The van der Waals surface area contributed by atoms with Crippen LogP contribution in [0.5, 0.6) is 0 Å². The SMILES string of the molecule is Cc1ccc(-c2nc(C)sc2CC(=O)N2CCCC[C@H]2C(=O)O)cc1. The van der Waals surface area contributed by atoms with Gasteiger partial charge in [-0.25, -0.2) is 9.78 Å².